The highest BCUT2D eigenvalue weighted by atomic mass is 19.4. The average Bonchev–Trinajstić information content (AvgIpc) is 3.10. The van der Waals surface area contributed by atoms with Crippen LogP contribution in [0.3, 0.4) is 0 Å². The molecule has 3 aromatic carbocycles. The molecule has 1 fully saturated rings. The third-order valence-electron chi connectivity index (χ3n) is 8.37. The number of rotatable bonds is 13. The molecule has 4 rings (SSSR count). The molecule has 49 heavy (non-hydrogen) atoms. The Hall–Kier alpha value is -5.15. The Kier molecular flexibility index (Phi) is 13.0. The van der Waals surface area contributed by atoms with E-state index in [1.807, 2.05) is 65.6 Å². The number of benzene rings is 3. The Morgan fingerprint density at radius 3 is 2.18 bits per heavy atom. The topological polar surface area (TPSA) is 97.2 Å². The summed E-state index contributed by atoms with van der Waals surface area (Å²) in [7, 11) is 1.61. The molecular weight excluding hydrogens is 635 g/mol. The lowest BCUT2D eigenvalue weighted by Crippen LogP contribution is -2.51. The van der Waals surface area contributed by atoms with E-state index >= 15 is 0 Å². The fourth-order valence-electron chi connectivity index (χ4n) is 5.53. The van der Waals surface area contributed by atoms with E-state index < -0.39 is 23.7 Å². The fraction of sp³-hybridized carbons (Fsp3) is 0.351. The Labute approximate surface area is 284 Å². The van der Waals surface area contributed by atoms with Gasteiger partial charge in [0.15, 0.2) is 0 Å². The summed E-state index contributed by atoms with van der Waals surface area (Å²) in [5.74, 6) is -0.777. The highest BCUT2D eigenvalue weighted by Gasteiger charge is 2.32. The van der Waals surface area contributed by atoms with Crippen LogP contribution in [0.2, 0.25) is 0 Å². The highest BCUT2D eigenvalue weighted by Crippen LogP contribution is 2.29. The molecule has 3 amide bonds. The molecule has 0 spiro atoms. The Morgan fingerprint density at radius 1 is 0.939 bits per heavy atom. The lowest BCUT2D eigenvalue weighted by Gasteiger charge is -2.36. The maximum atomic E-state index is 14.0. The molecule has 0 aromatic heterocycles. The second-order valence-electron chi connectivity index (χ2n) is 11.8. The number of carbonyl (C=O) groups is 3. The second-order valence-corrected chi connectivity index (χ2v) is 11.8. The van der Waals surface area contributed by atoms with E-state index in [-0.39, 0.29) is 44.5 Å². The van der Waals surface area contributed by atoms with Gasteiger partial charge in [-0.05, 0) is 47.0 Å². The molecule has 12 heteroatoms. The van der Waals surface area contributed by atoms with Crippen LogP contribution in [0.5, 0.6) is 0 Å². The minimum atomic E-state index is -4.48. The first-order chi connectivity index (χ1) is 23.5. The first kappa shape index (κ1) is 36.7. The molecular formula is C37H40F3N5O4. The van der Waals surface area contributed by atoms with Crippen molar-refractivity contribution in [3.63, 3.8) is 0 Å². The zero-order valence-corrected chi connectivity index (χ0v) is 27.6. The van der Waals surface area contributed by atoms with Gasteiger partial charge >= 0.3 is 6.18 Å². The van der Waals surface area contributed by atoms with E-state index in [0.717, 1.165) is 28.9 Å². The average molecular weight is 676 g/mol. The largest absolute Gasteiger partial charge is 0.416 e. The molecule has 0 bridgehead atoms. The number of anilines is 1. The number of piperazine rings is 1. The minimum Gasteiger partial charge on any atom is -0.368 e. The van der Waals surface area contributed by atoms with E-state index in [4.69, 9.17) is 10.00 Å². The van der Waals surface area contributed by atoms with Gasteiger partial charge in [-0.15, -0.1) is 0 Å². The molecule has 1 heterocycles. The number of hydrogen-bond acceptors (Lipinski definition) is 6. The molecule has 0 radical (unpaired) electrons. The van der Waals surface area contributed by atoms with Crippen LogP contribution in [0.4, 0.5) is 18.9 Å². The summed E-state index contributed by atoms with van der Waals surface area (Å²) in [4.78, 5) is 46.7. The van der Waals surface area contributed by atoms with Gasteiger partial charge in [0.05, 0.1) is 18.2 Å². The van der Waals surface area contributed by atoms with Crippen molar-refractivity contribution in [3.05, 3.63) is 107 Å². The number of carbonyl (C=O) groups excluding carboxylic acids is 3. The summed E-state index contributed by atoms with van der Waals surface area (Å²) in [6.07, 6.45) is -1.57. The Balaban J connectivity index is 1.62. The van der Waals surface area contributed by atoms with Gasteiger partial charge in [0.25, 0.3) is 0 Å². The summed E-state index contributed by atoms with van der Waals surface area (Å²) in [5, 5.41) is 8.80. The normalized spacial score (nSPS) is 14.0. The summed E-state index contributed by atoms with van der Waals surface area (Å²) < 4.78 is 44.5. The van der Waals surface area contributed by atoms with E-state index in [1.54, 1.807) is 14.0 Å². The molecule has 1 atom stereocenters. The van der Waals surface area contributed by atoms with E-state index in [2.05, 4.69) is 4.90 Å². The van der Waals surface area contributed by atoms with Crippen LogP contribution in [0.15, 0.2) is 84.9 Å². The van der Waals surface area contributed by atoms with Crippen molar-refractivity contribution in [2.75, 3.05) is 57.9 Å². The third kappa shape index (κ3) is 10.7. The lowest BCUT2D eigenvalue weighted by molar-refractivity contribution is -0.143. The molecule has 0 N–H and O–H groups in total. The van der Waals surface area contributed by atoms with Crippen molar-refractivity contribution in [2.45, 2.75) is 32.1 Å². The predicted molar refractivity (Wildman–Crippen MR) is 180 cm³/mol. The van der Waals surface area contributed by atoms with Crippen LogP contribution < -0.4 is 4.90 Å². The Morgan fingerprint density at radius 2 is 1.59 bits per heavy atom. The molecule has 258 valence electrons. The first-order valence-electron chi connectivity index (χ1n) is 15.9. The summed E-state index contributed by atoms with van der Waals surface area (Å²) in [5.41, 5.74) is 2.18. The monoisotopic (exact) mass is 675 g/mol. The van der Waals surface area contributed by atoms with Crippen molar-refractivity contribution in [3.8, 4) is 6.07 Å². The SMILES string of the molecule is CC(=O)N1CCN(c2ccc(CN(C(=O)C=Cc3ccc(C(F)(F)F)cc3)C(Cc3ccccc3)C(=O)N(C)CCOCC#N)cc2)CC1. The van der Waals surface area contributed by atoms with Gasteiger partial charge in [-0.3, -0.25) is 14.4 Å². The van der Waals surface area contributed by atoms with Gasteiger partial charge in [-0.1, -0.05) is 54.6 Å². The zero-order chi connectivity index (χ0) is 35.4. The minimum absolute atomic E-state index is 0.0482. The Bertz CT molecular complexity index is 1610. The number of nitrogens with zero attached hydrogens (tertiary/aromatic N) is 5. The maximum absolute atomic E-state index is 14.0. The number of halogens is 3. The van der Waals surface area contributed by atoms with Crippen LogP contribution in [-0.4, -0.2) is 91.4 Å². The molecule has 1 aliphatic heterocycles. The van der Waals surface area contributed by atoms with Crippen molar-refractivity contribution >= 4 is 29.5 Å². The van der Waals surface area contributed by atoms with Crippen LogP contribution >= 0.6 is 0 Å². The van der Waals surface area contributed by atoms with Crippen LogP contribution in [0, 0.1) is 11.3 Å². The molecule has 1 saturated heterocycles. The third-order valence-corrected chi connectivity index (χ3v) is 8.37. The van der Waals surface area contributed by atoms with Gasteiger partial charge < -0.3 is 24.3 Å². The quantitative estimate of drug-likeness (QED) is 0.187. The van der Waals surface area contributed by atoms with Crippen LogP contribution in [-0.2, 0) is 38.3 Å². The molecule has 1 aliphatic rings. The van der Waals surface area contributed by atoms with Crippen LogP contribution in [0.25, 0.3) is 6.08 Å². The molecule has 1 unspecified atom stereocenters. The van der Waals surface area contributed by atoms with Crippen molar-refractivity contribution in [1.82, 2.24) is 14.7 Å². The van der Waals surface area contributed by atoms with Gasteiger partial charge in [0, 0.05) is 71.4 Å². The summed E-state index contributed by atoms with van der Waals surface area (Å²) in [6, 6.07) is 22.4. The lowest BCUT2D eigenvalue weighted by atomic mass is 10.0. The van der Waals surface area contributed by atoms with Crippen molar-refractivity contribution < 1.29 is 32.3 Å². The standard InChI is InChI=1S/C37H40F3N5O4/c1-28(46)43-19-21-44(22-20-43)33-15-10-31(11-16-33)27-45(35(47)17-12-29-8-13-32(14-9-29)37(38,39)40)34(26-30-6-4-3-5-7-30)36(48)42(2)23-25-49-24-18-41/h3-17,34H,19-27H2,1-2H3. The van der Waals surface area contributed by atoms with Gasteiger partial charge in [0.1, 0.15) is 12.6 Å². The first-order valence-corrected chi connectivity index (χ1v) is 15.9. The van der Waals surface area contributed by atoms with Crippen molar-refractivity contribution in [2.24, 2.45) is 0 Å². The molecule has 0 saturated carbocycles. The number of amides is 3. The van der Waals surface area contributed by atoms with Gasteiger partial charge in [-0.2, -0.15) is 18.4 Å². The van der Waals surface area contributed by atoms with Crippen molar-refractivity contribution in [1.29, 1.82) is 5.26 Å². The van der Waals surface area contributed by atoms with E-state index in [1.165, 1.54) is 34.1 Å². The van der Waals surface area contributed by atoms with Gasteiger partial charge in [-0.25, -0.2) is 0 Å². The summed E-state index contributed by atoms with van der Waals surface area (Å²) >= 11 is 0. The molecule has 0 aliphatic carbocycles. The van der Waals surface area contributed by atoms with E-state index in [0.29, 0.717) is 31.7 Å². The fourth-order valence-corrected chi connectivity index (χ4v) is 5.53. The number of hydrogen-bond donors (Lipinski definition) is 0. The van der Waals surface area contributed by atoms with E-state index in [9.17, 15) is 27.6 Å². The zero-order valence-electron chi connectivity index (χ0n) is 27.6. The molecule has 9 nitrogen and oxygen atoms in total. The summed E-state index contributed by atoms with van der Waals surface area (Å²) in [6.45, 7) is 4.50. The second kappa shape index (κ2) is 17.3. The number of nitriles is 1. The van der Waals surface area contributed by atoms with Gasteiger partial charge in [0.2, 0.25) is 17.7 Å². The number of alkyl halides is 3. The smallest absolute Gasteiger partial charge is 0.368 e. The molecule has 3 aromatic rings. The van der Waals surface area contributed by atoms with Crippen LogP contribution in [0.1, 0.15) is 29.2 Å². The predicted octanol–water partition coefficient (Wildman–Crippen LogP) is 5.03. The number of ether oxygens (including phenoxy) is 1. The highest BCUT2D eigenvalue weighted by molar-refractivity contribution is 5.95. The number of likely N-dealkylation sites (N-methyl/N-ethyl adjacent to an activating group) is 1. The maximum Gasteiger partial charge on any atom is 0.416 e.